The lowest BCUT2D eigenvalue weighted by molar-refractivity contribution is 0.611. The first-order valence-electron chi connectivity index (χ1n) is 8.02. The summed E-state index contributed by atoms with van der Waals surface area (Å²) in [5.41, 5.74) is 0. The van der Waals surface area contributed by atoms with Gasteiger partial charge in [-0.2, -0.15) is 0 Å². The minimum absolute atomic E-state index is 0.461. The van der Waals surface area contributed by atoms with Crippen LogP contribution in [0.1, 0.15) is 72.6 Å². The molecule has 0 radical (unpaired) electrons. The zero-order valence-corrected chi connectivity index (χ0v) is 16.3. The molecule has 114 valence electrons. The fraction of sp³-hybridized carbons (Fsp3) is 0.882. The van der Waals surface area contributed by atoms with Crippen molar-refractivity contribution in [3.8, 4) is 0 Å². The molecule has 0 aliphatic carbocycles. The molecule has 0 bridgehead atoms. The van der Waals surface area contributed by atoms with Gasteiger partial charge in [0.25, 0.3) is 0 Å². The summed E-state index contributed by atoms with van der Waals surface area (Å²) in [6.45, 7) is 14.6. The maximum absolute atomic E-state index is 2.56. The van der Waals surface area contributed by atoms with E-state index >= 15 is 0 Å². The van der Waals surface area contributed by atoms with Crippen molar-refractivity contribution in [3.05, 3.63) is 10.6 Å². The van der Waals surface area contributed by atoms with Gasteiger partial charge in [0.1, 0.15) is 0 Å². The van der Waals surface area contributed by atoms with E-state index in [1.165, 1.54) is 44.9 Å². The molecular weight excluding hydrogens is 264 g/mol. The topological polar surface area (TPSA) is 0 Å². The Bertz CT molecular complexity index is 261. The lowest BCUT2D eigenvalue weighted by atomic mass is 10.1. The second-order valence-corrected chi connectivity index (χ2v) is 13.7. The third-order valence-electron chi connectivity index (χ3n) is 4.60. The molecule has 0 amide bonds. The molecule has 0 aliphatic heterocycles. The highest BCUT2D eigenvalue weighted by molar-refractivity contribution is 8.04. The Kier molecular flexibility index (Phi) is 9.43. The van der Waals surface area contributed by atoms with Gasteiger partial charge in [-0.15, -0.1) is 11.8 Å². The summed E-state index contributed by atoms with van der Waals surface area (Å²) in [5, 5.41) is 0.461. The molecule has 0 aromatic carbocycles. The summed E-state index contributed by atoms with van der Waals surface area (Å²) >= 11 is 2.00. The molecule has 2 heteroatoms. The Balaban J connectivity index is 4.20. The average molecular weight is 301 g/mol. The number of hydrogen-bond acceptors (Lipinski definition) is 1. The molecule has 0 N–H and O–H groups in total. The smallest absolute Gasteiger partial charge is 0.0936 e. The highest BCUT2D eigenvalue weighted by Gasteiger charge is 2.38. The number of rotatable bonds is 9. The normalized spacial score (nSPS) is 13.9. The molecule has 0 saturated carbocycles. The molecule has 0 nitrogen and oxygen atoms in total. The second-order valence-electron chi connectivity index (χ2n) is 7.20. The summed E-state index contributed by atoms with van der Waals surface area (Å²) in [7, 11) is -1.29. The van der Waals surface area contributed by atoms with Crippen molar-refractivity contribution < 1.29 is 0 Å². The van der Waals surface area contributed by atoms with Crippen LogP contribution in [-0.4, -0.2) is 14.3 Å². The summed E-state index contributed by atoms with van der Waals surface area (Å²) in [6.07, 6.45) is 14.5. The van der Waals surface area contributed by atoms with Crippen molar-refractivity contribution in [2.75, 3.05) is 6.26 Å². The number of unbranched alkanes of at least 4 members (excludes halogenated alkanes) is 6. The van der Waals surface area contributed by atoms with E-state index in [4.69, 9.17) is 0 Å². The van der Waals surface area contributed by atoms with Crippen LogP contribution >= 0.6 is 11.8 Å². The molecule has 0 aromatic heterocycles. The molecule has 19 heavy (non-hydrogen) atoms. The van der Waals surface area contributed by atoms with E-state index in [9.17, 15) is 0 Å². The van der Waals surface area contributed by atoms with E-state index in [2.05, 4.69) is 53.1 Å². The van der Waals surface area contributed by atoms with Crippen LogP contribution in [0.3, 0.4) is 0 Å². The van der Waals surface area contributed by atoms with Crippen LogP contribution in [0.4, 0.5) is 0 Å². The fourth-order valence-corrected chi connectivity index (χ4v) is 6.76. The summed E-state index contributed by atoms with van der Waals surface area (Å²) in [6, 6.07) is 0. The molecular formula is C17H36SSi. The van der Waals surface area contributed by atoms with Crippen LogP contribution in [-0.2, 0) is 0 Å². The quantitative estimate of drug-likeness (QED) is 0.325. The van der Waals surface area contributed by atoms with Crippen LogP contribution < -0.4 is 0 Å². The number of thioether (sulfide) groups is 1. The minimum Gasteiger partial charge on any atom is -0.139 e. The molecule has 0 heterocycles. The first-order chi connectivity index (χ1) is 8.77. The average Bonchev–Trinajstić information content (AvgIpc) is 2.31. The Hall–Kier alpha value is 0.307. The second kappa shape index (κ2) is 9.28. The maximum atomic E-state index is 2.56. The van der Waals surface area contributed by atoms with Gasteiger partial charge in [-0.05, 0) is 28.7 Å². The van der Waals surface area contributed by atoms with Crippen molar-refractivity contribution in [3.63, 3.8) is 0 Å². The summed E-state index contributed by atoms with van der Waals surface area (Å²) < 4.78 is 1.70. The van der Waals surface area contributed by atoms with Crippen molar-refractivity contribution in [2.24, 2.45) is 0 Å². The van der Waals surface area contributed by atoms with E-state index in [-0.39, 0.29) is 0 Å². The van der Waals surface area contributed by atoms with Crippen molar-refractivity contribution in [1.82, 2.24) is 0 Å². The van der Waals surface area contributed by atoms with E-state index in [1.54, 1.807) is 4.53 Å². The van der Waals surface area contributed by atoms with Crippen molar-refractivity contribution in [2.45, 2.75) is 90.8 Å². The van der Waals surface area contributed by atoms with Crippen LogP contribution in [0.2, 0.25) is 18.1 Å². The van der Waals surface area contributed by atoms with Gasteiger partial charge in [-0.1, -0.05) is 79.0 Å². The zero-order chi connectivity index (χ0) is 14.9. The number of allylic oxidation sites excluding steroid dienone is 1. The Morgan fingerprint density at radius 2 is 1.53 bits per heavy atom. The molecule has 0 spiro atoms. The van der Waals surface area contributed by atoms with Crippen LogP contribution in [0.5, 0.6) is 0 Å². The van der Waals surface area contributed by atoms with Gasteiger partial charge >= 0.3 is 0 Å². The highest BCUT2D eigenvalue weighted by atomic mass is 32.2. The lowest BCUT2D eigenvalue weighted by Crippen LogP contribution is -2.38. The Morgan fingerprint density at radius 3 is 2.00 bits per heavy atom. The molecule has 0 atom stereocenters. The third kappa shape index (κ3) is 7.03. The zero-order valence-electron chi connectivity index (χ0n) is 14.4. The Labute approximate surface area is 127 Å². The summed E-state index contributed by atoms with van der Waals surface area (Å²) in [4.78, 5) is 0. The minimum atomic E-state index is -1.29. The van der Waals surface area contributed by atoms with Gasteiger partial charge in [0.15, 0.2) is 0 Å². The van der Waals surface area contributed by atoms with Gasteiger partial charge in [0.05, 0.1) is 8.07 Å². The van der Waals surface area contributed by atoms with Gasteiger partial charge in [-0.25, -0.2) is 0 Å². The monoisotopic (exact) mass is 300 g/mol. The molecule has 0 fully saturated rings. The molecule has 0 unspecified atom stereocenters. The maximum Gasteiger partial charge on any atom is 0.0936 e. The predicted molar refractivity (Wildman–Crippen MR) is 96.8 cm³/mol. The molecule has 0 rings (SSSR count). The van der Waals surface area contributed by atoms with Gasteiger partial charge in [0.2, 0.25) is 0 Å². The van der Waals surface area contributed by atoms with Gasteiger partial charge in [-0.3, -0.25) is 0 Å². The van der Waals surface area contributed by atoms with E-state index < -0.39 is 8.07 Å². The molecule has 0 saturated heterocycles. The van der Waals surface area contributed by atoms with Crippen molar-refractivity contribution in [1.29, 1.82) is 0 Å². The van der Waals surface area contributed by atoms with E-state index in [0.29, 0.717) is 5.04 Å². The molecule has 0 aromatic rings. The van der Waals surface area contributed by atoms with Crippen LogP contribution in [0.25, 0.3) is 0 Å². The SMILES string of the molecule is CCCCCCCCC=C(SC)[Si](C)(C)C(C)(C)C. The van der Waals surface area contributed by atoms with Crippen LogP contribution in [0, 0.1) is 0 Å². The van der Waals surface area contributed by atoms with Crippen molar-refractivity contribution >= 4 is 19.8 Å². The highest BCUT2D eigenvalue weighted by Crippen LogP contribution is 2.44. The van der Waals surface area contributed by atoms with E-state index in [1.807, 2.05) is 11.8 Å². The largest absolute Gasteiger partial charge is 0.139 e. The lowest BCUT2D eigenvalue weighted by Gasteiger charge is -2.38. The third-order valence-corrected chi connectivity index (χ3v) is 12.5. The van der Waals surface area contributed by atoms with Gasteiger partial charge < -0.3 is 0 Å². The fourth-order valence-electron chi connectivity index (χ4n) is 2.12. The standard InChI is InChI=1S/C17H36SSi/c1-8-9-10-11-12-13-14-15-16(18-5)19(6,7)17(2,3)4/h15H,8-14H2,1-7H3. The Morgan fingerprint density at radius 1 is 1.00 bits per heavy atom. The molecule has 0 aliphatic rings. The van der Waals surface area contributed by atoms with E-state index in [0.717, 1.165) is 0 Å². The predicted octanol–water partition coefficient (Wildman–Crippen LogP) is 7.03. The first-order valence-corrected chi connectivity index (χ1v) is 12.2. The number of hydrogen-bond donors (Lipinski definition) is 0. The first kappa shape index (κ1) is 19.3. The van der Waals surface area contributed by atoms with Gasteiger partial charge in [0, 0.05) is 0 Å². The van der Waals surface area contributed by atoms with Crippen LogP contribution in [0.15, 0.2) is 10.6 Å². The summed E-state index contributed by atoms with van der Waals surface area (Å²) in [5.74, 6) is 0.